The van der Waals surface area contributed by atoms with Crippen LogP contribution in [-0.4, -0.2) is 45.2 Å². The average Bonchev–Trinajstić information content (AvgIpc) is 3.27. The Morgan fingerprint density at radius 1 is 1.29 bits per heavy atom. The molecule has 3 aromatic rings. The van der Waals surface area contributed by atoms with Crippen LogP contribution in [0, 0.1) is 0 Å². The maximum absolute atomic E-state index is 12.3. The summed E-state index contributed by atoms with van der Waals surface area (Å²) in [7, 11) is 0. The van der Waals surface area contributed by atoms with E-state index in [1.54, 1.807) is 6.20 Å². The van der Waals surface area contributed by atoms with E-state index in [1.807, 2.05) is 36.4 Å². The van der Waals surface area contributed by atoms with Crippen LogP contribution in [0.2, 0.25) is 0 Å². The zero-order valence-corrected chi connectivity index (χ0v) is 15.2. The van der Waals surface area contributed by atoms with Crippen molar-refractivity contribution in [3.8, 4) is 5.75 Å². The van der Waals surface area contributed by atoms with Gasteiger partial charge in [-0.2, -0.15) is 4.98 Å². The number of rotatable bonds is 7. The number of ether oxygens (including phenoxy) is 2. The Morgan fingerprint density at radius 2 is 2.11 bits per heavy atom. The maximum Gasteiger partial charge on any atom is 0.353 e. The molecule has 3 unspecified atom stereocenters. The SMILES string of the molecule is O=c1nc2oc(CCCOc3ccccc3)cc2cn1C1CC(O)C(CO)O1. The van der Waals surface area contributed by atoms with Gasteiger partial charge in [-0.25, -0.2) is 4.79 Å². The highest BCUT2D eigenvalue weighted by Gasteiger charge is 2.35. The number of fused-ring (bicyclic) bond motifs is 1. The van der Waals surface area contributed by atoms with E-state index < -0.39 is 24.1 Å². The van der Waals surface area contributed by atoms with Gasteiger partial charge < -0.3 is 24.1 Å². The van der Waals surface area contributed by atoms with E-state index in [9.17, 15) is 15.0 Å². The second kappa shape index (κ2) is 8.14. The van der Waals surface area contributed by atoms with Crippen molar-refractivity contribution in [2.45, 2.75) is 37.7 Å². The topological polar surface area (TPSA) is 107 Å². The predicted octanol–water partition coefficient (Wildman–Crippen LogP) is 1.64. The van der Waals surface area contributed by atoms with Crippen molar-refractivity contribution in [2.24, 2.45) is 0 Å². The van der Waals surface area contributed by atoms with Gasteiger partial charge in [0.15, 0.2) is 0 Å². The molecule has 3 atom stereocenters. The number of aliphatic hydroxyl groups is 2. The molecule has 8 heteroatoms. The first kappa shape index (κ1) is 18.7. The van der Waals surface area contributed by atoms with Gasteiger partial charge in [-0.05, 0) is 24.6 Å². The number of hydrogen-bond acceptors (Lipinski definition) is 7. The summed E-state index contributed by atoms with van der Waals surface area (Å²) in [6.07, 6.45) is 1.08. The summed E-state index contributed by atoms with van der Waals surface area (Å²) in [5.41, 5.74) is -0.242. The van der Waals surface area contributed by atoms with E-state index in [0.29, 0.717) is 18.4 Å². The largest absolute Gasteiger partial charge is 0.494 e. The fourth-order valence-electron chi connectivity index (χ4n) is 3.31. The molecule has 0 amide bonds. The zero-order chi connectivity index (χ0) is 19.5. The number of para-hydroxylation sites is 1. The number of benzene rings is 1. The smallest absolute Gasteiger partial charge is 0.353 e. The number of aromatic nitrogens is 2. The fraction of sp³-hybridized carbons (Fsp3) is 0.400. The summed E-state index contributed by atoms with van der Waals surface area (Å²) in [6, 6.07) is 11.4. The second-order valence-electron chi connectivity index (χ2n) is 6.78. The summed E-state index contributed by atoms with van der Waals surface area (Å²) in [4.78, 5) is 16.3. The first-order chi connectivity index (χ1) is 13.6. The zero-order valence-electron chi connectivity index (χ0n) is 15.2. The lowest BCUT2D eigenvalue weighted by molar-refractivity contribution is -0.0457. The van der Waals surface area contributed by atoms with Crippen LogP contribution in [0.4, 0.5) is 0 Å². The maximum atomic E-state index is 12.3. The van der Waals surface area contributed by atoms with Crippen LogP contribution in [0.1, 0.15) is 24.8 Å². The molecular formula is C20H22N2O6. The third kappa shape index (κ3) is 3.94. The van der Waals surface area contributed by atoms with Crippen LogP contribution in [-0.2, 0) is 11.2 Å². The second-order valence-corrected chi connectivity index (χ2v) is 6.78. The minimum atomic E-state index is -0.817. The Kier molecular flexibility index (Phi) is 5.43. The molecule has 1 aliphatic heterocycles. The quantitative estimate of drug-likeness (QED) is 0.595. The van der Waals surface area contributed by atoms with Crippen molar-refractivity contribution in [3.63, 3.8) is 0 Å². The molecule has 0 saturated carbocycles. The minimum Gasteiger partial charge on any atom is -0.494 e. The fourth-order valence-corrected chi connectivity index (χ4v) is 3.31. The minimum absolute atomic E-state index is 0.222. The third-order valence-corrected chi connectivity index (χ3v) is 4.76. The lowest BCUT2D eigenvalue weighted by Crippen LogP contribution is -2.27. The Hall–Kier alpha value is -2.68. The number of furan rings is 1. The molecule has 0 aliphatic carbocycles. The number of aryl methyl sites for hydroxylation is 1. The van der Waals surface area contributed by atoms with Gasteiger partial charge >= 0.3 is 5.69 Å². The molecule has 8 nitrogen and oxygen atoms in total. The summed E-state index contributed by atoms with van der Waals surface area (Å²) >= 11 is 0. The third-order valence-electron chi connectivity index (χ3n) is 4.76. The molecule has 0 bridgehead atoms. The van der Waals surface area contributed by atoms with Gasteiger partial charge in [0.2, 0.25) is 5.71 Å². The van der Waals surface area contributed by atoms with Gasteiger partial charge in [-0.15, -0.1) is 0 Å². The number of aliphatic hydroxyl groups excluding tert-OH is 2. The van der Waals surface area contributed by atoms with Gasteiger partial charge in [-0.1, -0.05) is 18.2 Å². The molecule has 1 aromatic carbocycles. The van der Waals surface area contributed by atoms with Crippen LogP contribution in [0.5, 0.6) is 5.75 Å². The molecular weight excluding hydrogens is 364 g/mol. The molecule has 28 heavy (non-hydrogen) atoms. The highest BCUT2D eigenvalue weighted by Crippen LogP contribution is 2.28. The summed E-state index contributed by atoms with van der Waals surface area (Å²) in [6.45, 7) is 0.251. The van der Waals surface area contributed by atoms with Gasteiger partial charge in [0.1, 0.15) is 23.8 Å². The standard InChI is InChI=1S/C20H22N2O6/c23-12-17-16(24)10-18(28-17)22-11-13-9-15(27-19(13)21-20(22)25)7-4-8-26-14-5-2-1-3-6-14/h1-3,5-6,9,11,16-18,23-24H,4,7-8,10,12H2. The monoisotopic (exact) mass is 386 g/mol. The van der Waals surface area contributed by atoms with E-state index in [4.69, 9.17) is 13.9 Å². The Bertz CT molecular complexity index is 983. The number of nitrogens with zero attached hydrogens (tertiary/aromatic N) is 2. The Balaban J connectivity index is 1.42. The first-order valence-corrected chi connectivity index (χ1v) is 9.28. The first-order valence-electron chi connectivity index (χ1n) is 9.28. The Morgan fingerprint density at radius 3 is 2.86 bits per heavy atom. The van der Waals surface area contributed by atoms with Crippen molar-refractivity contribution < 1.29 is 24.1 Å². The van der Waals surface area contributed by atoms with Gasteiger partial charge in [0.25, 0.3) is 0 Å². The Labute approximate surface area is 161 Å². The average molecular weight is 386 g/mol. The molecule has 4 rings (SSSR count). The van der Waals surface area contributed by atoms with Gasteiger partial charge in [0.05, 0.1) is 24.7 Å². The highest BCUT2D eigenvalue weighted by atomic mass is 16.5. The van der Waals surface area contributed by atoms with E-state index in [0.717, 1.165) is 17.9 Å². The predicted molar refractivity (Wildman–Crippen MR) is 100 cm³/mol. The van der Waals surface area contributed by atoms with Crippen LogP contribution in [0.25, 0.3) is 11.1 Å². The van der Waals surface area contributed by atoms with E-state index in [2.05, 4.69) is 4.98 Å². The van der Waals surface area contributed by atoms with Crippen molar-refractivity contribution in [2.75, 3.05) is 13.2 Å². The summed E-state index contributed by atoms with van der Waals surface area (Å²) in [5, 5.41) is 19.8. The lowest BCUT2D eigenvalue weighted by atomic mass is 10.2. The molecule has 2 aromatic heterocycles. The van der Waals surface area contributed by atoms with Crippen molar-refractivity contribution >= 4 is 11.1 Å². The molecule has 1 aliphatic rings. The van der Waals surface area contributed by atoms with Crippen LogP contribution >= 0.6 is 0 Å². The molecule has 0 spiro atoms. The van der Waals surface area contributed by atoms with Gasteiger partial charge in [0, 0.05) is 19.0 Å². The van der Waals surface area contributed by atoms with E-state index in [-0.39, 0.29) is 18.7 Å². The van der Waals surface area contributed by atoms with Crippen molar-refractivity contribution in [1.82, 2.24) is 9.55 Å². The van der Waals surface area contributed by atoms with E-state index in [1.165, 1.54) is 4.57 Å². The lowest BCUT2D eigenvalue weighted by Gasteiger charge is -2.13. The van der Waals surface area contributed by atoms with E-state index >= 15 is 0 Å². The van der Waals surface area contributed by atoms with Crippen LogP contribution in [0.3, 0.4) is 0 Å². The van der Waals surface area contributed by atoms with Crippen LogP contribution < -0.4 is 10.4 Å². The van der Waals surface area contributed by atoms with Crippen LogP contribution in [0.15, 0.2) is 51.8 Å². The molecule has 148 valence electrons. The van der Waals surface area contributed by atoms with Crippen molar-refractivity contribution in [1.29, 1.82) is 0 Å². The van der Waals surface area contributed by atoms with Crippen molar-refractivity contribution in [3.05, 3.63) is 58.8 Å². The summed E-state index contributed by atoms with van der Waals surface area (Å²) < 4.78 is 18.2. The normalized spacial score (nSPS) is 22.0. The van der Waals surface area contributed by atoms with Gasteiger partial charge in [-0.3, -0.25) is 4.57 Å². The number of hydrogen-bond donors (Lipinski definition) is 2. The summed E-state index contributed by atoms with van der Waals surface area (Å²) in [5.74, 6) is 1.54. The molecule has 0 radical (unpaired) electrons. The molecule has 3 heterocycles. The molecule has 1 fully saturated rings. The molecule has 2 N–H and O–H groups in total. The highest BCUT2D eigenvalue weighted by molar-refractivity contribution is 5.72. The molecule has 1 saturated heterocycles.